The molecule has 0 spiro atoms. The molecule has 0 aromatic heterocycles. The van der Waals surface area contributed by atoms with E-state index >= 15 is 0 Å². The fraction of sp³-hybridized carbons (Fsp3) is 0.0625. The lowest BCUT2D eigenvalue weighted by Crippen LogP contribution is -2.05. The quantitative estimate of drug-likeness (QED) is 0.513. The fourth-order valence-electron chi connectivity index (χ4n) is 1.88. The highest BCUT2D eigenvalue weighted by molar-refractivity contribution is 6.31. The van der Waals surface area contributed by atoms with Crippen molar-refractivity contribution in [2.75, 3.05) is 5.32 Å². The summed E-state index contributed by atoms with van der Waals surface area (Å²) in [5, 5.41) is 13.5. The van der Waals surface area contributed by atoms with Gasteiger partial charge in [-0.15, -0.1) is 0 Å². The van der Waals surface area contributed by atoms with Crippen LogP contribution in [-0.2, 0) is 0 Å². The number of hydrogen-bond donors (Lipinski definition) is 1. The predicted octanol–water partition coefficient (Wildman–Crippen LogP) is 4.04. The lowest BCUT2D eigenvalue weighted by atomic mass is 10.0. The fourth-order valence-corrected chi connectivity index (χ4v) is 2.05. The second-order valence-corrected chi connectivity index (χ2v) is 5.07. The molecule has 0 fully saturated rings. The van der Waals surface area contributed by atoms with Crippen LogP contribution < -0.4 is 5.32 Å². The lowest BCUT2D eigenvalue weighted by Gasteiger charge is -2.09. The summed E-state index contributed by atoms with van der Waals surface area (Å²) >= 11 is 5.95. The Morgan fingerprint density at radius 1 is 1.23 bits per heavy atom. The summed E-state index contributed by atoms with van der Waals surface area (Å²) in [6, 6.07) is 11.9. The molecule has 5 nitrogen and oxygen atoms in total. The van der Waals surface area contributed by atoms with Crippen LogP contribution in [-0.4, -0.2) is 10.7 Å². The number of carbonyl (C=O) groups excluding carboxylic acids is 1. The molecule has 0 aliphatic rings. The van der Waals surface area contributed by atoms with Gasteiger partial charge in [0, 0.05) is 21.8 Å². The second kappa shape index (κ2) is 6.87. The molecule has 2 aromatic rings. The van der Waals surface area contributed by atoms with Gasteiger partial charge in [0.05, 0.1) is 11.1 Å². The standard InChI is InChI=1S/C16H13ClN2O3/c1-11-2-4-12(5-3-11)16(20)14-10-13(17)6-7-15(14)18-8-9-19(21)22/h2-10,18H,1H3/b9-8+. The molecule has 1 N–H and O–H groups in total. The Labute approximate surface area is 132 Å². The van der Waals surface area contributed by atoms with Crippen LogP contribution >= 0.6 is 11.6 Å². The minimum Gasteiger partial charge on any atom is -0.356 e. The number of rotatable bonds is 5. The van der Waals surface area contributed by atoms with Crippen molar-refractivity contribution in [2.45, 2.75) is 6.92 Å². The van der Waals surface area contributed by atoms with Crippen molar-refractivity contribution in [3.8, 4) is 0 Å². The highest BCUT2D eigenvalue weighted by Gasteiger charge is 2.14. The molecular formula is C16H13ClN2O3. The predicted molar refractivity (Wildman–Crippen MR) is 85.8 cm³/mol. The molecule has 0 saturated heterocycles. The Balaban J connectivity index is 2.35. The van der Waals surface area contributed by atoms with Gasteiger partial charge in [-0.2, -0.15) is 0 Å². The van der Waals surface area contributed by atoms with Gasteiger partial charge in [0.15, 0.2) is 5.78 Å². The van der Waals surface area contributed by atoms with Crippen LogP contribution in [0.5, 0.6) is 0 Å². The van der Waals surface area contributed by atoms with Crippen molar-refractivity contribution >= 4 is 23.1 Å². The lowest BCUT2D eigenvalue weighted by molar-refractivity contribution is -0.402. The van der Waals surface area contributed by atoms with E-state index in [4.69, 9.17) is 11.6 Å². The first-order valence-electron chi connectivity index (χ1n) is 6.45. The van der Waals surface area contributed by atoms with Gasteiger partial charge in [0.1, 0.15) is 0 Å². The summed E-state index contributed by atoms with van der Waals surface area (Å²) < 4.78 is 0. The van der Waals surface area contributed by atoms with Crippen LogP contribution in [0.25, 0.3) is 0 Å². The number of carbonyl (C=O) groups is 1. The van der Waals surface area contributed by atoms with Crippen molar-refractivity contribution in [3.05, 3.63) is 86.7 Å². The summed E-state index contributed by atoms with van der Waals surface area (Å²) in [5.74, 6) is -0.209. The summed E-state index contributed by atoms with van der Waals surface area (Å²) in [7, 11) is 0. The highest BCUT2D eigenvalue weighted by Crippen LogP contribution is 2.24. The maximum Gasteiger partial charge on any atom is 0.250 e. The van der Waals surface area contributed by atoms with Crippen molar-refractivity contribution < 1.29 is 9.72 Å². The van der Waals surface area contributed by atoms with Gasteiger partial charge in [0.2, 0.25) is 6.20 Å². The normalized spacial score (nSPS) is 10.6. The molecule has 2 rings (SSSR count). The topological polar surface area (TPSA) is 72.2 Å². The third kappa shape index (κ3) is 3.93. The number of nitrogens with one attached hydrogen (secondary N) is 1. The van der Waals surface area contributed by atoms with Crippen LogP contribution in [0.4, 0.5) is 5.69 Å². The molecule has 6 heteroatoms. The van der Waals surface area contributed by atoms with E-state index < -0.39 is 4.92 Å². The maximum atomic E-state index is 12.6. The highest BCUT2D eigenvalue weighted by atomic mass is 35.5. The molecular weight excluding hydrogens is 304 g/mol. The first-order valence-corrected chi connectivity index (χ1v) is 6.83. The number of nitro groups is 1. The van der Waals surface area contributed by atoms with Crippen LogP contribution in [0.1, 0.15) is 21.5 Å². The van der Waals surface area contributed by atoms with E-state index in [2.05, 4.69) is 5.32 Å². The number of hydrogen-bond acceptors (Lipinski definition) is 4. The monoisotopic (exact) mass is 316 g/mol. The number of benzene rings is 2. The average Bonchev–Trinajstić information content (AvgIpc) is 2.48. The maximum absolute atomic E-state index is 12.6. The van der Waals surface area contributed by atoms with Gasteiger partial charge in [-0.05, 0) is 25.1 Å². The van der Waals surface area contributed by atoms with E-state index in [9.17, 15) is 14.9 Å². The molecule has 0 aliphatic carbocycles. The van der Waals surface area contributed by atoms with E-state index in [0.717, 1.165) is 18.0 Å². The molecule has 22 heavy (non-hydrogen) atoms. The summed E-state index contributed by atoms with van der Waals surface area (Å²) in [4.78, 5) is 22.3. The minimum absolute atomic E-state index is 0.209. The molecule has 112 valence electrons. The van der Waals surface area contributed by atoms with Gasteiger partial charge < -0.3 is 5.32 Å². The summed E-state index contributed by atoms with van der Waals surface area (Å²) in [5.41, 5.74) is 2.38. The Hall–Kier alpha value is -2.66. The zero-order chi connectivity index (χ0) is 16.1. The minimum atomic E-state index is -0.593. The second-order valence-electron chi connectivity index (χ2n) is 4.63. The van der Waals surface area contributed by atoms with E-state index in [-0.39, 0.29) is 5.78 Å². The Morgan fingerprint density at radius 3 is 2.55 bits per heavy atom. The van der Waals surface area contributed by atoms with Crippen molar-refractivity contribution in [1.82, 2.24) is 0 Å². The molecule has 0 unspecified atom stereocenters. The average molecular weight is 317 g/mol. The molecule has 0 heterocycles. The number of nitrogens with zero attached hydrogens (tertiary/aromatic N) is 1. The van der Waals surface area contributed by atoms with Crippen LogP contribution in [0.3, 0.4) is 0 Å². The van der Waals surface area contributed by atoms with Crippen LogP contribution in [0, 0.1) is 17.0 Å². The van der Waals surface area contributed by atoms with E-state index in [1.165, 1.54) is 6.07 Å². The first-order chi connectivity index (χ1) is 10.5. The Morgan fingerprint density at radius 2 is 1.91 bits per heavy atom. The largest absolute Gasteiger partial charge is 0.356 e. The number of aryl methyl sites for hydroxylation is 1. The van der Waals surface area contributed by atoms with Gasteiger partial charge in [0.25, 0.3) is 0 Å². The summed E-state index contributed by atoms with van der Waals surface area (Å²) in [6.45, 7) is 1.93. The number of anilines is 1. The van der Waals surface area contributed by atoms with E-state index in [0.29, 0.717) is 21.8 Å². The third-order valence-corrected chi connectivity index (χ3v) is 3.21. The SMILES string of the molecule is Cc1ccc(C(=O)c2cc(Cl)ccc2N/C=C/[N+](=O)[O-])cc1. The molecule has 0 amide bonds. The Kier molecular flexibility index (Phi) is 4.91. The smallest absolute Gasteiger partial charge is 0.250 e. The zero-order valence-corrected chi connectivity index (χ0v) is 12.5. The van der Waals surface area contributed by atoms with Gasteiger partial charge >= 0.3 is 0 Å². The van der Waals surface area contributed by atoms with Gasteiger partial charge in [-0.1, -0.05) is 41.4 Å². The molecule has 0 atom stereocenters. The van der Waals surface area contributed by atoms with Gasteiger partial charge in [-0.3, -0.25) is 14.9 Å². The zero-order valence-electron chi connectivity index (χ0n) is 11.7. The van der Waals surface area contributed by atoms with Gasteiger partial charge in [-0.25, -0.2) is 0 Å². The summed E-state index contributed by atoms with van der Waals surface area (Å²) in [6.07, 6.45) is 1.92. The first kappa shape index (κ1) is 15.7. The van der Waals surface area contributed by atoms with Crippen LogP contribution in [0.15, 0.2) is 54.9 Å². The van der Waals surface area contributed by atoms with Crippen molar-refractivity contribution in [3.63, 3.8) is 0 Å². The van der Waals surface area contributed by atoms with Crippen molar-refractivity contribution in [2.24, 2.45) is 0 Å². The molecule has 0 bridgehead atoms. The Bertz CT molecular complexity index is 740. The number of halogens is 1. The molecule has 0 aliphatic heterocycles. The molecule has 0 saturated carbocycles. The number of ketones is 1. The third-order valence-electron chi connectivity index (χ3n) is 2.98. The van der Waals surface area contributed by atoms with Crippen molar-refractivity contribution in [1.29, 1.82) is 0 Å². The molecule has 2 aromatic carbocycles. The van der Waals surface area contributed by atoms with E-state index in [1.54, 1.807) is 24.3 Å². The van der Waals surface area contributed by atoms with Crippen LogP contribution in [0.2, 0.25) is 5.02 Å². The molecule has 0 radical (unpaired) electrons. The van der Waals surface area contributed by atoms with E-state index in [1.807, 2.05) is 19.1 Å².